The van der Waals surface area contributed by atoms with Crippen LogP contribution in [0.1, 0.15) is 27.8 Å². The first kappa shape index (κ1) is 19.7. The Kier molecular flexibility index (Phi) is 6.52. The molecule has 3 amide bonds. The van der Waals surface area contributed by atoms with Crippen molar-refractivity contribution in [1.29, 1.82) is 0 Å². The van der Waals surface area contributed by atoms with Gasteiger partial charge in [0.25, 0.3) is 0 Å². The minimum absolute atomic E-state index is 0.146. The summed E-state index contributed by atoms with van der Waals surface area (Å²) < 4.78 is 0. The number of nitrogens with zero attached hydrogens (tertiary/aromatic N) is 1. The smallest absolute Gasteiger partial charge is 0.307 e. The first-order chi connectivity index (χ1) is 12.2. The molecule has 5 nitrogen and oxygen atoms in total. The zero-order valence-corrected chi connectivity index (χ0v) is 16.1. The van der Waals surface area contributed by atoms with Gasteiger partial charge in [0.15, 0.2) is 0 Å². The molecule has 2 rings (SSSR count). The molecule has 0 radical (unpaired) electrons. The molecule has 0 atom stereocenters. The average molecular weight is 353 g/mol. The van der Waals surface area contributed by atoms with Crippen LogP contribution in [0.4, 0.5) is 10.5 Å². The maximum atomic E-state index is 12.1. The summed E-state index contributed by atoms with van der Waals surface area (Å²) in [7, 11) is 1.86. The standard InChI is InChI=1S/C21H27N3O2/c1-14-6-8-18(16(3)10-14)12-24(5)13-20(25)23-21(26)22-19-9-7-15(2)11-17(19)4/h6-11H,12-13H2,1-5H3,(H2,22,23,25,26). The quantitative estimate of drug-likeness (QED) is 0.861. The van der Waals surface area contributed by atoms with Crippen molar-refractivity contribution >= 4 is 17.6 Å². The summed E-state index contributed by atoms with van der Waals surface area (Å²) in [5.74, 6) is -0.334. The molecule has 138 valence electrons. The van der Waals surface area contributed by atoms with Crippen LogP contribution in [0.15, 0.2) is 36.4 Å². The molecule has 0 saturated heterocycles. The fourth-order valence-corrected chi connectivity index (χ4v) is 2.89. The number of carbonyl (C=O) groups excluding carboxylic acids is 2. The normalized spacial score (nSPS) is 10.7. The molecule has 0 aromatic heterocycles. The molecule has 0 bridgehead atoms. The Morgan fingerprint density at radius 2 is 1.54 bits per heavy atom. The second-order valence-electron chi connectivity index (χ2n) is 6.92. The van der Waals surface area contributed by atoms with Crippen LogP contribution in [-0.4, -0.2) is 30.4 Å². The summed E-state index contributed by atoms with van der Waals surface area (Å²) in [5.41, 5.74) is 6.37. The second-order valence-corrected chi connectivity index (χ2v) is 6.92. The Balaban J connectivity index is 1.86. The summed E-state index contributed by atoms with van der Waals surface area (Å²) in [6.45, 7) is 8.83. The van der Waals surface area contributed by atoms with E-state index in [9.17, 15) is 9.59 Å². The SMILES string of the molecule is Cc1ccc(CN(C)CC(=O)NC(=O)Nc2ccc(C)cc2C)c(C)c1. The van der Waals surface area contributed by atoms with Crippen LogP contribution in [0, 0.1) is 27.7 Å². The van der Waals surface area contributed by atoms with E-state index in [2.05, 4.69) is 42.7 Å². The molecule has 0 aliphatic rings. The highest BCUT2D eigenvalue weighted by atomic mass is 16.2. The lowest BCUT2D eigenvalue weighted by atomic mass is 10.1. The molecule has 2 aromatic carbocycles. The summed E-state index contributed by atoms with van der Waals surface area (Å²) in [4.78, 5) is 26.0. The monoisotopic (exact) mass is 353 g/mol. The lowest BCUT2D eigenvalue weighted by molar-refractivity contribution is -0.120. The van der Waals surface area contributed by atoms with Gasteiger partial charge in [-0.2, -0.15) is 0 Å². The number of hydrogen-bond donors (Lipinski definition) is 2. The predicted molar refractivity (Wildman–Crippen MR) is 105 cm³/mol. The molecule has 0 aliphatic carbocycles. The zero-order valence-electron chi connectivity index (χ0n) is 16.1. The Morgan fingerprint density at radius 3 is 2.15 bits per heavy atom. The van der Waals surface area contributed by atoms with E-state index in [1.54, 1.807) is 0 Å². The van der Waals surface area contributed by atoms with Gasteiger partial charge in [0.05, 0.1) is 6.54 Å². The molecule has 0 unspecified atom stereocenters. The highest BCUT2D eigenvalue weighted by molar-refractivity contribution is 6.02. The van der Waals surface area contributed by atoms with Crippen molar-refractivity contribution in [3.05, 3.63) is 64.2 Å². The van der Waals surface area contributed by atoms with Crippen LogP contribution in [0.5, 0.6) is 0 Å². The van der Waals surface area contributed by atoms with E-state index in [4.69, 9.17) is 0 Å². The third kappa shape index (κ3) is 5.70. The molecular weight excluding hydrogens is 326 g/mol. The summed E-state index contributed by atoms with van der Waals surface area (Å²) in [5, 5.41) is 5.10. The summed E-state index contributed by atoms with van der Waals surface area (Å²) >= 11 is 0. The Hall–Kier alpha value is -2.66. The Labute approximate surface area is 155 Å². The molecule has 0 aliphatic heterocycles. The van der Waals surface area contributed by atoms with Gasteiger partial charge in [-0.15, -0.1) is 0 Å². The second kappa shape index (κ2) is 8.63. The number of imide groups is 1. The molecule has 26 heavy (non-hydrogen) atoms. The van der Waals surface area contributed by atoms with Gasteiger partial charge in [0, 0.05) is 12.2 Å². The third-order valence-electron chi connectivity index (χ3n) is 4.23. The van der Waals surface area contributed by atoms with E-state index < -0.39 is 6.03 Å². The first-order valence-electron chi connectivity index (χ1n) is 8.67. The Bertz CT molecular complexity index is 815. The molecule has 0 saturated carbocycles. The molecule has 2 aromatic rings. The number of carbonyl (C=O) groups is 2. The maximum Gasteiger partial charge on any atom is 0.325 e. The van der Waals surface area contributed by atoms with Crippen molar-refractivity contribution in [3.63, 3.8) is 0 Å². The van der Waals surface area contributed by atoms with E-state index in [0.29, 0.717) is 12.2 Å². The van der Waals surface area contributed by atoms with Crippen molar-refractivity contribution in [3.8, 4) is 0 Å². The van der Waals surface area contributed by atoms with Gasteiger partial charge in [0.2, 0.25) is 5.91 Å². The zero-order chi connectivity index (χ0) is 19.3. The van der Waals surface area contributed by atoms with Crippen LogP contribution in [-0.2, 0) is 11.3 Å². The molecule has 5 heteroatoms. The lowest BCUT2D eigenvalue weighted by Crippen LogP contribution is -2.40. The topological polar surface area (TPSA) is 61.4 Å². The number of anilines is 1. The molecule has 2 N–H and O–H groups in total. The molecule has 0 heterocycles. The van der Waals surface area contributed by atoms with Gasteiger partial charge in [0.1, 0.15) is 0 Å². The lowest BCUT2D eigenvalue weighted by Gasteiger charge is -2.18. The van der Waals surface area contributed by atoms with Gasteiger partial charge in [-0.05, 0) is 57.5 Å². The van der Waals surface area contributed by atoms with Gasteiger partial charge >= 0.3 is 6.03 Å². The van der Waals surface area contributed by atoms with Crippen molar-refractivity contribution in [2.75, 3.05) is 18.9 Å². The van der Waals surface area contributed by atoms with Gasteiger partial charge in [-0.3, -0.25) is 15.0 Å². The number of hydrogen-bond acceptors (Lipinski definition) is 3. The molecular formula is C21H27N3O2. The van der Waals surface area contributed by atoms with Crippen molar-refractivity contribution in [2.45, 2.75) is 34.2 Å². The van der Waals surface area contributed by atoms with Crippen LogP contribution >= 0.6 is 0 Å². The van der Waals surface area contributed by atoms with Crippen molar-refractivity contribution in [1.82, 2.24) is 10.2 Å². The number of rotatable bonds is 5. The minimum Gasteiger partial charge on any atom is -0.307 e. The Morgan fingerprint density at radius 1 is 0.923 bits per heavy atom. The number of nitrogens with one attached hydrogen (secondary N) is 2. The van der Waals surface area contributed by atoms with Crippen LogP contribution in [0.25, 0.3) is 0 Å². The number of urea groups is 1. The van der Waals surface area contributed by atoms with Gasteiger partial charge in [-0.25, -0.2) is 4.79 Å². The molecule has 0 spiro atoms. The van der Waals surface area contributed by atoms with Crippen LogP contribution < -0.4 is 10.6 Å². The highest BCUT2D eigenvalue weighted by Crippen LogP contribution is 2.15. The molecule has 0 fully saturated rings. The van der Waals surface area contributed by atoms with Crippen molar-refractivity contribution < 1.29 is 9.59 Å². The fraction of sp³-hybridized carbons (Fsp3) is 0.333. The summed E-state index contributed by atoms with van der Waals surface area (Å²) in [6, 6.07) is 11.5. The minimum atomic E-state index is -0.512. The van der Waals surface area contributed by atoms with Crippen LogP contribution in [0.2, 0.25) is 0 Å². The number of amides is 3. The third-order valence-corrected chi connectivity index (χ3v) is 4.23. The van der Waals surface area contributed by atoms with E-state index in [1.165, 1.54) is 16.7 Å². The van der Waals surface area contributed by atoms with Gasteiger partial charge < -0.3 is 5.32 Å². The van der Waals surface area contributed by atoms with E-state index >= 15 is 0 Å². The predicted octanol–water partition coefficient (Wildman–Crippen LogP) is 3.70. The average Bonchev–Trinajstić information content (AvgIpc) is 2.52. The van der Waals surface area contributed by atoms with Crippen LogP contribution in [0.3, 0.4) is 0 Å². The number of likely N-dealkylation sites (N-methyl/N-ethyl adjacent to an activating group) is 1. The van der Waals surface area contributed by atoms with E-state index in [-0.39, 0.29) is 12.5 Å². The maximum absolute atomic E-state index is 12.1. The fourth-order valence-electron chi connectivity index (χ4n) is 2.89. The first-order valence-corrected chi connectivity index (χ1v) is 8.67. The van der Waals surface area contributed by atoms with E-state index in [0.717, 1.165) is 11.1 Å². The van der Waals surface area contributed by atoms with E-state index in [1.807, 2.05) is 44.0 Å². The highest BCUT2D eigenvalue weighted by Gasteiger charge is 2.12. The van der Waals surface area contributed by atoms with Gasteiger partial charge in [-0.1, -0.05) is 41.5 Å². The summed E-state index contributed by atoms with van der Waals surface area (Å²) in [6.07, 6.45) is 0. The largest absolute Gasteiger partial charge is 0.325 e. The number of benzene rings is 2. The number of aryl methyl sites for hydroxylation is 4. The van der Waals surface area contributed by atoms with Crippen molar-refractivity contribution in [2.24, 2.45) is 0 Å².